The molecule has 190 valence electrons. The summed E-state index contributed by atoms with van der Waals surface area (Å²) in [5, 5.41) is -0.170. The molecule has 0 radical (unpaired) electrons. The molecule has 0 N–H and O–H groups in total. The molecule has 0 spiro atoms. The lowest BCUT2D eigenvalue weighted by atomic mass is 10.1. The van der Waals surface area contributed by atoms with Gasteiger partial charge in [-0.3, -0.25) is 4.79 Å². The van der Waals surface area contributed by atoms with Gasteiger partial charge in [0, 0.05) is 51.9 Å². The van der Waals surface area contributed by atoms with Crippen molar-refractivity contribution in [2.45, 2.75) is 63.3 Å². The van der Waals surface area contributed by atoms with Crippen LogP contribution in [0.5, 0.6) is 0 Å². The van der Waals surface area contributed by atoms with E-state index in [9.17, 15) is 18.0 Å². The van der Waals surface area contributed by atoms with Crippen molar-refractivity contribution in [1.29, 1.82) is 0 Å². The van der Waals surface area contributed by atoms with Crippen LogP contribution in [0.4, 0.5) is 4.79 Å². The summed E-state index contributed by atoms with van der Waals surface area (Å²) in [5.74, 6) is 0.940. The zero-order valence-electron chi connectivity index (χ0n) is 20.5. The summed E-state index contributed by atoms with van der Waals surface area (Å²) in [7, 11) is -2.10. The van der Waals surface area contributed by atoms with Gasteiger partial charge >= 0.3 is 6.09 Å². The number of amides is 1. The second-order valence-electron chi connectivity index (χ2n) is 9.69. The van der Waals surface area contributed by atoms with Gasteiger partial charge in [0.2, 0.25) is 15.0 Å². The van der Waals surface area contributed by atoms with E-state index in [1.807, 2.05) is 26.8 Å². The Bertz CT molecular complexity index is 1370. The molecule has 1 saturated heterocycles. The highest BCUT2D eigenvalue weighted by molar-refractivity contribution is 7.90. The third-order valence-corrected chi connectivity index (χ3v) is 6.50. The first-order valence-corrected chi connectivity index (χ1v) is 13.3. The van der Waals surface area contributed by atoms with Crippen LogP contribution in [-0.4, -0.2) is 75.7 Å². The zero-order valence-corrected chi connectivity index (χ0v) is 21.3. The Balaban J connectivity index is 1.52. The standard InChI is InChI=1S/C22H30N6O6S/c1-22(2,3)34-21(30)27-11-9-14(10-12-27)33-17-8-6-7-16(24-17)28-18-15(19(29)26(28)4)13-23-20(25-18)35(5,31)32/h7,13-14H,6,8-12H2,1-5H3. The molecule has 2 aliphatic rings. The van der Waals surface area contributed by atoms with Crippen molar-refractivity contribution >= 4 is 38.7 Å². The number of hydrogen-bond donors (Lipinski definition) is 0. The number of aromatic nitrogens is 4. The molecule has 35 heavy (non-hydrogen) atoms. The van der Waals surface area contributed by atoms with Crippen LogP contribution in [0.1, 0.15) is 46.5 Å². The van der Waals surface area contributed by atoms with Crippen molar-refractivity contribution in [3.8, 4) is 0 Å². The molecule has 1 amide bonds. The van der Waals surface area contributed by atoms with E-state index in [1.165, 1.54) is 15.6 Å². The summed E-state index contributed by atoms with van der Waals surface area (Å²) in [4.78, 5) is 39.2. The van der Waals surface area contributed by atoms with Crippen molar-refractivity contribution in [3.05, 3.63) is 22.6 Å². The summed E-state index contributed by atoms with van der Waals surface area (Å²) in [5.41, 5.74) is -0.742. The van der Waals surface area contributed by atoms with E-state index in [4.69, 9.17) is 9.47 Å². The van der Waals surface area contributed by atoms with Crippen molar-refractivity contribution in [1.82, 2.24) is 24.2 Å². The summed E-state index contributed by atoms with van der Waals surface area (Å²) in [6.07, 6.45) is 6.16. The van der Waals surface area contributed by atoms with E-state index in [-0.39, 0.29) is 33.9 Å². The Morgan fingerprint density at radius 2 is 1.89 bits per heavy atom. The van der Waals surface area contributed by atoms with E-state index in [2.05, 4.69) is 15.0 Å². The van der Waals surface area contributed by atoms with Gasteiger partial charge in [0.05, 0.1) is 0 Å². The topological polar surface area (TPSA) is 138 Å². The average molecular weight is 507 g/mol. The molecule has 2 aromatic heterocycles. The second kappa shape index (κ2) is 9.10. The first kappa shape index (κ1) is 24.9. The molecule has 13 heteroatoms. The number of aliphatic imine (C=N–C) groups is 1. The number of ether oxygens (including phenoxy) is 2. The average Bonchev–Trinajstić information content (AvgIpc) is 3.02. The van der Waals surface area contributed by atoms with E-state index in [0.29, 0.717) is 50.5 Å². The highest BCUT2D eigenvalue weighted by Gasteiger charge is 2.29. The Morgan fingerprint density at radius 1 is 1.20 bits per heavy atom. The van der Waals surface area contributed by atoms with Gasteiger partial charge in [0.1, 0.15) is 17.1 Å². The second-order valence-corrected chi connectivity index (χ2v) is 11.6. The lowest BCUT2D eigenvalue weighted by Gasteiger charge is -2.33. The number of hydrogen-bond acceptors (Lipinski definition) is 9. The highest BCUT2D eigenvalue weighted by Crippen LogP contribution is 2.23. The molecule has 0 unspecified atom stereocenters. The minimum atomic E-state index is -3.66. The van der Waals surface area contributed by atoms with Crippen LogP contribution in [-0.2, 0) is 26.4 Å². The van der Waals surface area contributed by atoms with Crippen LogP contribution in [0.15, 0.2) is 27.2 Å². The molecule has 0 bridgehead atoms. The third kappa shape index (κ3) is 5.39. The monoisotopic (exact) mass is 506 g/mol. The Hall–Kier alpha value is -3.22. The van der Waals surface area contributed by atoms with Gasteiger partial charge in [0.15, 0.2) is 17.4 Å². The maximum absolute atomic E-state index is 12.7. The van der Waals surface area contributed by atoms with E-state index in [0.717, 1.165) is 6.26 Å². The molecule has 2 aliphatic heterocycles. The fourth-order valence-electron chi connectivity index (χ4n) is 3.97. The van der Waals surface area contributed by atoms with Gasteiger partial charge in [0.25, 0.3) is 5.56 Å². The van der Waals surface area contributed by atoms with Gasteiger partial charge in [-0.1, -0.05) is 0 Å². The van der Waals surface area contributed by atoms with Gasteiger partial charge in [-0.2, -0.15) is 9.98 Å². The Morgan fingerprint density at radius 3 is 2.51 bits per heavy atom. The minimum absolute atomic E-state index is 0.101. The fourth-order valence-corrected chi connectivity index (χ4v) is 4.46. The van der Waals surface area contributed by atoms with Crippen molar-refractivity contribution < 1.29 is 22.7 Å². The van der Waals surface area contributed by atoms with Crippen molar-refractivity contribution in [2.24, 2.45) is 12.0 Å². The van der Waals surface area contributed by atoms with Crippen LogP contribution >= 0.6 is 0 Å². The Labute approximate surface area is 203 Å². The SMILES string of the molecule is Cn1c(=O)c2cnc(S(C)(=O)=O)nc2n1C1=CCCC(OC2CCN(C(=O)OC(C)(C)C)CC2)=N1. The molecule has 0 aliphatic carbocycles. The summed E-state index contributed by atoms with van der Waals surface area (Å²) in [6.45, 7) is 6.57. The number of rotatable bonds is 3. The van der Waals surface area contributed by atoms with Gasteiger partial charge < -0.3 is 14.4 Å². The predicted molar refractivity (Wildman–Crippen MR) is 129 cm³/mol. The van der Waals surface area contributed by atoms with Crippen LogP contribution in [0, 0.1) is 0 Å². The molecular formula is C22H30N6O6S. The molecule has 2 aromatic rings. The number of carbonyl (C=O) groups is 1. The molecule has 4 rings (SSSR count). The lowest BCUT2D eigenvalue weighted by Crippen LogP contribution is -2.43. The largest absolute Gasteiger partial charge is 0.477 e. The Kier molecular flexibility index (Phi) is 6.47. The number of likely N-dealkylation sites (tertiary alicyclic amines) is 1. The van der Waals surface area contributed by atoms with Crippen molar-refractivity contribution in [3.63, 3.8) is 0 Å². The normalized spacial score (nSPS) is 17.8. The van der Waals surface area contributed by atoms with Gasteiger partial charge in [-0.15, -0.1) is 0 Å². The molecular weight excluding hydrogens is 476 g/mol. The summed E-state index contributed by atoms with van der Waals surface area (Å²) in [6, 6.07) is 0. The van der Waals surface area contributed by atoms with Gasteiger partial charge in [-0.05, 0) is 33.3 Å². The number of piperidine rings is 1. The van der Waals surface area contributed by atoms with Crippen LogP contribution in [0.25, 0.3) is 16.9 Å². The van der Waals surface area contributed by atoms with Crippen LogP contribution < -0.4 is 5.56 Å². The van der Waals surface area contributed by atoms with Crippen LogP contribution in [0.2, 0.25) is 0 Å². The summed E-state index contributed by atoms with van der Waals surface area (Å²) >= 11 is 0. The van der Waals surface area contributed by atoms with Crippen molar-refractivity contribution in [2.75, 3.05) is 19.3 Å². The van der Waals surface area contributed by atoms with Crippen LogP contribution in [0.3, 0.4) is 0 Å². The molecule has 1 fully saturated rings. The quantitative estimate of drug-likeness (QED) is 0.576. The van der Waals surface area contributed by atoms with E-state index in [1.54, 1.807) is 11.9 Å². The third-order valence-electron chi connectivity index (χ3n) is 5.64. The molecule has 0 saturated carbocycles. The smallest absolute Gasteiger partial charge is 0.410 e. The zero-order chi connectivity index (χ0) is 25.5. The number of sulfone groups is 1. The lowest BCUT2D eigenvalue weighted by molar-refractivity contribution is 0.0113. The van der Waals surface area contributed by atoms with Gasteiger partial charge in [-0.25, -0.2) is 27.6 Å². The molecule has 0 aromatic carbocycles. The number of carbonyl (C=O) groups excluding carboxylic acids is 1. The first-order valence-electron chi connectivity index (χ1n) is 11.4. The van der Waals surface area contributed by atoms with E-state index < -0.39 is 15.4 Å². The number of nitrogens with zero attached hydrogens (tertiary/aromatic N) is 6. The number of fused-ring (bicyclic) bond motifs is 1. The maximum Gasteiger partial charge on any atom is 0.410 e. The molecule has 4 heterocycles. The highest BCUT2D eigenvalue weighted by atomic mass is 32.2. The summed E-state index contributed by atoms with van der Waals surface area (Å²) < 4.78 is 38.3. The fraction of sp³-hybridized carbons (Fsp3) is 0.591. The predicted octanol–water partition coefficient (Wildman–Crippen LogP) is 1.94. The molecule has 0 atom stereocenters. The minimum Gasteiger partial charge on any atom is -0.477 e. The first-order chi connectivity index (χ1) is 16.3. The maximum atomic E-state index is 12.7. The number of allylic oxidation sites excluding steroid dienone is 1. The van der Waals surface area contributed by atoms with E-state index >= 15 is 0 Å². The molecule has 12 nitrogen and oxygen atoms in total.